The van der Waals surface area contributed by atoms with Gasteiger partial charge in [-0.1, -0.05) is 76.6 Å². The maximum absolute atomic E-state index is 14.4. The molecule has 64 heavy (non-hydrogen) atoms. The van der Waals surface area contributed by atoms with Crippen LogP contribution < -0.4 is 38.1 Å². The number of nitrogens with zero attached hydrogens (tertiary/aromatic N) is 2. The van der Waals surface area contributed by atoms with E-state index in [1.807, 2.05) is 6.92 Å². The van der Waals surface area contributed by atoms with Gasteiger partial charge in [-0.25, -0.2) is 9.78 Å². The standard InChI is InChI=1S/C45H64N10O9/c1-5-27(4)38(54-40(58)33(21-29-15-17-31(56)18-16-29)50-42(60)37(26(2)3)53-39(57)32(47)13-9-19-46)43(61)51-34(23-30-24-48-25-49-30)44(62)55-20-10-14-36(55)41(59)52-35(45(63)64)22-28-11-7-6-8-12-28/h6-8,11-12,15-18,24-27,32-38,56H,5,9-10,13-14,19-23,46-47H2,1-4H3,(H,48,49)(H,50,60)(H,51,61)(H,52,59)(H,53,57)(H,54,58)(H,63,64)/t27-,32+,33-,34-,35-,36-,37-,38-/m0/s1. The first-order valence-corrected chi connectivity index (χ1v) is 21.8. The Morgan fingerprint density at radius 1 is 0.797 bits per heavy atom. The summed E-state index contributed by atoms with van der Waals surface area (Å²) in [7, 11) is 0. The highest BCUT2D eigenvalue weighted by Crippen LogP contribution is 2.21. The van der Waals surface area contributed by atoms with Crippen LogP contribution in [-0.2, 0) is 52.8 Å². The first-order chi connectivity index (χ1) is 30.5. The zero-order chi connectivity index (χ0) is 46.9. The van der Waals surface area contributed by atoms with E-state index in [0.717, 1.165) is 0 Å². The van der Waals surface area contributed by atoms with Gasteiger partial charge in [-0.15, -0.1) is 0 Å². The van der Waals surface area contributed by atoms with Gasteiger partial charge >= 0.3 is 5.97 Å². The number of carbonyl (C=O) groups is 7. The van der Waals surface area contributed by atoms with E-state index in [1.165, 1.54) is 29.6 Å². The Morgan fingerprint density at radius 2 is 1.42 bits per heavy atom. The van der Waals surface area contributed by atoms with Crippen LogP contribution in [0.2, 0.25) is 0 Å². The predicted octanol–water partition coefficient (Wildman–Crippen LogP) is 0.411. The number of nitrogens with two attached hydrogens (primary N) is 2. The molecule has 0 radical (unpaired) electrons. The number of phenolic OH excluding ortho intramolecular Hbond substituents is 1. The molecular weight excluding hydrogens is 825 g/mol. The van der Waals surface area contributed by atoms with Crippen LogP contribution in [0.3, 0.4) is 0 Å². The second-order valence-corrected chi connectivity index (χ2v) is 16.7. The molecule has 6 amide bonds. The van der Waals surface area contributed by atoms with Crippen LogP contribution in [0.25, 0.3) is 0 Å². The Balaban J connectivity index is 1.57. The molecule has 0 aliphatic carbocycles. The molecule has 0 bridgehead atoms. The van der Waals surface area contributed by atoms with E-state index in [1.54, 1.807) is 63.2 Å². The average Bonchev–Trinajstić information content (AvgIpc) is 3.99. The van der Waals surface area contributed by atoms with Gasteiger partial charge < -0.3 is 58.1 Å². The van der Waals surface area contributed by atoms with E-state index in [-0.39, 0.29) is 38.0 Å². The van der Waals surface area contributed by atoms with Gasteiger partial charge in [-0.2, -0.15) is 0 Å². The monoisotopic (exact) mass is 888 g/mol. The molecular formula is C45H64N10O9. The maximum Gasteiger partial charge on any atom is 0.326 e. The number of likely N-dealkylation sites (tertiary alicyclic amines) is 1. The Morgan fingerprint density at radius 3 is 2.03 bits per heavy atom. The third-order valence-corrected chi connectivity index (χ3v) is 11.4. The van der Waals surface area contributed by atoms with Crippen molar-refractivity contribution in [2.45, 2.75) is 121 Å². The molecule has 0 spiro atoms. The van der Waals surface area contributed by atoms with Crippen molar-refractivity contribution >= 4 is 41.4 Å². The number of rotatable bonds is 24. The topological polar surface area (TPSA) is 304 Å². The van der Waals surface area contributed by atoms with Gasteiger partial charge in [0.15, 0.2) is 0 Å². The van der Waals surface area contributed by atoms with Gasteiger partial charge in [0.05, 0.1) is 12.4 Å². The lowest BCUT2D eigenvalue weighted by Crippen LogP contribution is -2.61. The van der Waals surface area contributed by atoms with E-state index in [4.69, 9.17) is 11.5 Å². The van der Waals surface area contributed by atoms with Crippen molar-refractivity contribution in [3.8, 4) is 5.75 Å². The number of aromatic amines is 1. The number of carboxylic acid groups (broad SMARTS) is 1. The molecule has 1 aromatic heterocycles. The van der Waals surface area contributed by atoms with Crippen molar-refractivity contribution in [2.24, 2.45) is 23.3 Å². The summed E-state index contributed by atoms with van der Waals surface area (Å²) in [5.74, 6) is -6.03. The molecule has 8 atom stereocenters. The number of benzene rings is 2. The van der Waals surface area contributed by atoms with E-state index in [9.17, 15) is 43.8 Å². The first-order valence-electron chi connectivity index (χ1n) is 21.8. The highest BCUT2D eigenvalue weighted by Gasteiger charge is 2.41. The molecule has 348 valence electrons. The maximum atomic E-state index is 14.4. The van der Waals surface area contributed by atoms with E-state index >= 15 is 0 Å². The number of hydrogen-bond donors (Lipinski definition) is 10. The Labute approximate surface area is 373 Å². The average molecular weight is 889 g/mol. The van der Waals surface area contributed by atoms with Gasteiger partial charge in [-0.05, 0) is 67.3 Å². The molecule has 2 aromatic carbocycles. The van der Waals surface area contributed by atoms with Crippen LogP contribution in [0.5, 0.6) is 5.75 Å². The molecule has 1 aliphatic heterocycles. The van der Waals surface area contributed by atoms with Crippen LogP contribution >= 0.6 is 0 Å². The van der Waals surface area contributed by atoms with Crippen LogP contribution in [-0.4, -0.2) is 122 Å². The SMILES string of the molecule is CC[C@H](C)[C@H](NC(=O)[C@H](Cc1ccc(O)cc1)NC(=O)[C@@H](NC(=O)[C@H](N)CCCN)C(C)C)C(=O)N[C@@H](Cc1cnc[nH]1)C(=O)N1CCC[C@H]1C(=O)N[C@@H](Cc1ccccc1)C(=O)O. The highest BCUT2D eigenvalue weighted by atomic mass is 16.4. The van der Waals surface area contributed by atoms with E-state index in [0.29, 0.717) is 49.0 Å². The van der Waals surface area contributed by atoms with E-state index < -0.39 is 95.5 Å². The van der Waals surface area contributed by atoms with Crippen LogP contribution in [0.1, 0.15) is 76.6 Å². The summed E-state index contributed by atoms with van der Waals surface area (Å²) in [5.41, 5.74) is 13.4. The zero-order valence-electron chi connectivity index (χ0n) is 36.9. The van der Waals surface area contributed by atoms with Gasteiger partial charge in [0.2, 0.25) is 35.4 Å². The van der Waals surface area contributed by atoms with Crippen molar-refractivity contribution < 1.29 is 43.8 Å². The molecule has 19 heteroatoms. The Hall–Kier alpha value is -6.34. The van der Waals surface area contributed by atoms with Crippen molar-refractivity contribution in [3.05, 3.63) is 83.9 Å². The minimum Gasteiger partial charge on any atom is -0.508 e. The summed E-state index contributed by atoms with van der Waals surface area (Å²) in [5, 5.41) is 33.5. The molecule has 1 aliphatic rings. The second-order valence-electron chi connectivity index (χ2n) is 16.7. The van der Waals surface area contributed by atoms with Gasteiger partial charge in [-0.3, -0.25) is 28.8 Å². The zero-order valence-corrected chi connectivity index (χ0v) is 36.9. The van der Waals surface area contributed by atoms with Gasteiger partial charge in [0.1, 0.15) is 42.0 Å². The summed E-state index contributed by atoms with van der Waals surface area (Å²) in [4.78, 5) is 104. The van der Waals surface area contributed by atoms with Crippen LogP contribution in [0, 0.1) is 11.8 Å². The molecule has 4 rings (SSSR count). The third-order valence-electron chi connectivity index (χ3n) is 11.4. The predicted molar refractivity (Wildman–Crippen MR) is 237 cm³/mol. The number of amides is 6. The summed E-state index contributed by atoms with van der Waals surface area (Å²) in [6.07, 6.45) is 4.77. The Bertz CT molecular complexity index is 2020. The largest absolute Gasteiger partial charge is 0.508 e. The molecule has 12 N–H and O–H groups in total. The van der Waals surface area contributed by atoms with Crippen molar-refractivity contribution in [1.29, 1.82) is 0 Å². The minimum absolute atomic E-state index is 0.0107. The molecule has 19 nitrogen and oxygen atoms in total. The summed E-state index contributed by atoms with van der Waals surface area (Å²) in [6, 6.07) is 6.88. The van der Waals surface area contributed by atoms with Crippen molar-refractivity contribution in [3.63, 3.8) is 0 Å². The van der Waals surface area contributed by atoms with Crippen LogP contribution in [0.4, 0.5) is 0 Å². The lowest BCUT2D eigenvalue weighted by atomic mass is 9.96. The second kappa shape index (κ2) is 24.5. The number of phenols is 1. The molecule has 2 heterocycles. The summed E-state index contributed by atoms with van der Waals surface area (Å²) < 4.78 is 0. The van der Waals surface area contributed by atoms with Gasteiger partial charge in [0.25, 0.3) is 0 Å². The molecule has 3 aromatic rings. The lowest BCUT2D eigenvalue weighted by molar-refractivity contribution is -0.145. The van der Waals surface area contributed by atoms with Gasteiger partial charge in [0, 0.05) is 37.7 Å². The minimum atomic E-state index is -1.27. The number of imidazole rings is 1. The number of carbonyl (C=O) groups excluding carboxylic acids is 6. The fourth-order valence-corrected chi connectivity index (χ4v) is 7.46. The number of carboxylic acids is 1. The Kier molecular flexibility index (Phi) is 19.3. The van der Waals surface area contributed by atoms with Crippen molar-refractivity contribution in [2.75, 3.05) is 13.1 Å². The fraction of sp³-hybridized carbons (Fsp3) is 0.511. The number of aliphatic carboxylic acids is 1. The lowest BCUT2D eigenvalue weighted by Gasteiger charge is -2.32. The molecule has 1 fully saturated rings. The van der Waals surface area contributed by atoms with Crippen molar-refractivity contribution in [1.82, 2.24) is 41.5 Å². The quantitative estimate of drug-likeness (QED) is 0.0585. The highest BCUT2D eigenvalue weighted by molar-refractivity contribution is 5.97. The smallest absolute Gasteiger partial charge is 0.326 e. The number of hydrogen-bond acceptors (Lipinski definition) is 11. The number of aromatic hydroxyl groups is 1. The molecule has 1 saturated heterocycles. The molecule has 0 saturated carbocycles. The summed E-state index contributed by atoms with van der Waals surface area (Å²) in [6.45, 7) is 7.53. The third kappa shape index (κ3) is 14.6. The number of nitrogens with one attached hydrogen (secondary N) is 6. The fourth-order valence-electron chi connectivity index (χ4n) is 7.46. The first kappa shape index (κ1) is 50.3. The number of aromatic nitrogens is 2. The van der Waals surface area contributed by atoms with Crippen LogP contribution in [0.15, 0.2) is 67.1 Å². The number of H-pyrrole nitrogens is 1. The summed E-state index contributed by atoms with van der Waals surface area (Å²) >= 11 is 0. The van der Waals surface area contributed by atoms with E-state index in [2.05, 4.69) is 36.6 Å². The normalized spacial score (nSPS) is 16.9. The molecule has 0 unspecified atom stereocenters.